The SMILES string of the molecule is CNC1CCC1=O.Cc1cc(Cl)cc(-c2ccnc3cc(CN4C(=O)CCC4=O)sc23)c1OC1CCN(CCCNC(=O)CCN)CC1. The fourth-order valence-corrected chi connectivity index (χ4v) is 7.60. The van der Waals surface area contributed by atoms with Gasteiger partial charge in [-0.25, -0.2) is 0 Å². The van der Waals surface area contributed by atoms with Crippen LogP contribution in [0.3, 0.4) is 0 Å². The van der Waals surface area contributed by atoms with Gasteiger partial charge in [-0.05, 0) is 76.0 Å². The number of rotatable bonds is 12. The summed E-state index contributed by atoms with van der Waals surface area (Å²) in [5.74, 6) is 0.949. The van der Waals surface area contributed by atoms with Crippen LogP contribution in [0.2, 0.25) is 5.02 Å². The van der Waals surface area contributed by atoms with Crippen molar-refractivity contribution >= 4 is 56.7 Å². The van der Waals surface area contributed by atoms with Crippen LogP contribution in [0.1, 0.15) is 61.8 Å². The average Bonchev–Trinajstić information content (AvgIpc) is 3.63. The molecular weight excluding hydrogens is 652 g/mol. The first-order valence-corrected chi connectivity index (χ1v) is 17.9. The molecule has 3 fully saturated rings. The number of nitrogens with two attached hydrogens (primary N) is 1. The lowest BCUT2D eigenvalue weighted by atomic mass is 9.92. The Morgan fingerprint density at radius 2 is 1.83 bits per heavy atom. The second-order valence-electron chi connectivity index (χ2n) is 12.5. The minimum Gasteiger partial charge on any atom is -0.489 e. The molecule has 3 aliphatic rings. The summed E-state index contributed by atoms with van der Waals surface area (Å²) in [5.41, 5.74) is 9.10. The van der Waals surface area contributed by atoms with Gasteiger partial charge >= 0.3 is 0 Å². The number of benzene rings is 1. The van der Waals surface area contributed by atoms with Crippen LogP contribution in [0.4, 0.5) is 0 Å². The third-order valence-electron chi connectivity index (χ3n) is 9.04. The number of likely N-dealkylation sites (N-methyl/N-ethyl adjacent to an activating group) is 1. The second-order valence-corrected chi connectivity index (χ2v) is 14.1. The Hall–Kier alpha value is -3.42. The first kappa shape index (κ1) is 35.9. The first-order valence-electron chi connectivity index (χ1n) is 16.7. The number of thiophene rings is 1. The molecule has 11 nitrogen and oxygen atoms in total. The molecule has 6 rings (SSSR count). The molecule has 2 saturated heterocycles. The van der Waals surface area contributed by atoms with Crippen molar-refractivity contribution in [2.45, 2.75) is 77.0 Å². The molecule has 1 aliphatic carbocycles. The van der Waals surface area contributed by atoms with E-state index in [1.807, 2.05) is 38.2 Å². The van der Waals surface area contributed by atoms with Crippen LogP contribution < -0.4 is 21.1 Å². The summed E-state index contributed by atoms with van der Waals surface area (Å²) < 4.78 is 7.66. The number of Topliss-reactive ketones (excluding diaryl/α,β-unsaturated/α-hetero) is 1. The number of aromatic nitrogens is 1. The zero-order valence-corrected chi connectivity index (χ0v) is 29.3. The van der Waals surface area contributed by atoms with Gasteiger partial charge in [0, 0.05) is 79.1 Å². The number of pyridine rings is 1. The third-order valence-corrected chi connectivity index (χ3v) is 10.4. The smallest absolute Gasteiger partial charge is 0.230 e. The quantitative estimate of drug-likeness (QED) is 0.187. The molecule has 1 atom stereocenters. The third kappa shape index (κ3) is 8.97. The number of halogens is 1. The van der Waals surface area contributed by atoms with Gasteiger partial charge in [0.2, 0.25) is 17.7 Å². The molecule has 0 radical (unpaired) electrons. The van der Waals surface area contributed by atoms with Crippen LogP contribution >= 0.6 is 22.9 Å². The molecule has 0 bridgehead atoms. The van der Waals surface area contributed by atoms with E-state index in [1.165, 1.54) is 4.90 Å². The number of hydrogen-bond acceptors (Lipinski definition) is 10. The summed E-state index contributed by atoms with van der Waals surface area (Å²) in [4.78, 5) is 55.6. The second kappa shape index (κ2) is 16.8. The lowest BCUT2D eigenvalue weighted by Gasteiger charge is -2.33. The van der Waals surface area contributed by atoms with Crippen molar-refractivity contribution in [3.63, 3.8) is 0 Å². The number of likely N-dealkylation sites (tertiary alicyclic amines) is 2. The number of amides is 3. The number of nitrogens with one attached hydrogen (secondary N) is 2. The number of carbonyl (C=O) groups excluding carboxylic acids is 4. The molecule has 1 aromatic carbocycles. The Balaban J connectivity index is 0.000000572. The highest BCUT2D eigenvalue weighted by molar-refractivity contribution is 7.19. The molecule has 1 saturated carbocycles. The number of hydrogen-bond donors (Lipinski definition) is 3. The number of ketones is 1. The Labute approximate surface area is 290 Å². The molecule has 258 valence electrons. The normalized spacial score (nSPS) is 18.5. The largest absolute Gasteiger partial charge is 0.489 e. The fraction of sp³-hybridized carbons (Fsp3) is 0.514. The van der Waals surface area contributed by atoms with E-state index in [-0.39, 0.29) is 49.3 Å². The van der Waals surface area contributed by atoms with Crippen LogP contribution in [0.15, 0.2) is 30.5 Å². The highest BCUT2D eigenvalue weighted by atomic mass is 35.5. The molecule has 3 amide bonds. The van der Waals surface area contributed by atoms with Crippen LogP contribution in [0.25, 0.3) is 21.3 Å². The monoisotopic (exact) mass is 696 g/mol. The van der Waals surface area contributed by atoms with Crippen molar-refractivity contribution in [3.8, 4) is 16.9 Å². The summed E-state index contributed by atoms with van der Waals surface area (Å²) in [7, 11) is 1.82. The van der Waals surface area contributed by atoms with Gasteiger partial charge in [-0.2, -0.15) is 0 Å². The van der Waals surface area contributed by atoms with E-state index in [9.17, 15) is 19.2 Å². The number of nitrogens with zero attached hydrogens (tertiary/aromatic N) is 3. The van der Waals surface area contributed by atoms with Gasteiger partial charge in [0.1, 0.15) is 17.6 Å². The lowest BCUT2D eigenvalue weighted by molar-refractivity contribution is -0.139. The number of imide groups is 1. The van der Waals surface area contributed by atoms with E-state index >= 15 is 0 Å². The van der Waals surface area contributed by atoms with E-state index in [1.54, 1.807) is 17.5 Å². The predicted molar refractivity (Wildman–Crippen MR) is 188 cm³/mol. The summed E-state index contributed by atoms with van der Waals surface area (Å²) in [5, 5.41) is 6.45. The van der Waals surface area contributed by atoms with Crippen molar-refractivity contribution in [2.24, 2.45) is 5.73 Å². The molecular formula is C35H45ClN6O5S. The summed E-state index contributed by atoms with van der Waals surface area (Å²) >= 11 is 8.09. The summed E-state index contributed by atoms with van der Waals surface area (Å²) in [6.45, 7) is 6.13. The Morgan fingerprint density at radius 1 is 1.08 bits per heavy atom. The van der Waals surface area contributed by atoms with Crippen molar-refractivity contribution in [2.75, 3.05) is 39.8 Å². The number of piperidine rings is 1. The van der Waals surface area contributed by atoms with Crippen LogP contribution in [-0.4, -0.2) is 90.2 Å². The standard InChI is InChI=1S/C30H36ClN5O4S.C5H9NO/c1-19-15-20(31)16-24(29(19)40-21-7-13-35(14-8-21)12-2-10-34-26(37)5-9-32)23-6-11-33-25-17-22(41-30(23)25)18-36-27(38)3-4-28(36)39;1-6-4-2-3-5(4)7/h6,11,15-17,21H,2-5,7-10,12-14,18,32H2,1H3,(H,34,37);4,6H,2-3H2,1H3. The van der Waals surface area contributed by atoms with Gasteiger partial charge < -0.3 is 26.0 Å². The average molecular weight is 697 g/mol. The van der Waals surface area contributed by atoms with Crippen LogP contribution in [0.5, 0.6) is 5.75 Å². The minimum atomic E-state index is -0.123. The number of carbonyl (C=O) groups is 4. The van der Waals surface area contributed by atoms with Gasteiger partial charge in [0.25, 0.3) is 0 Å². The fourth-order valence-electron chi connectivity index (χ4n) is 6.20. The van der Waals surface area contributed by atoms with E-state index in [2.05, 4.69) is 20.5 Å². The molecule has 4 N–H and O–H groups in total. The topological polar surface area (TPSA) is 147 Å². The van der Waals surface area contributed by atoms with Gasteiger partial charge in [-0.1, -0.05) is 11.6 Å². The van der Waals surface area contributed by atoms with Gasteiger partial charge in [0.15, 0.2) is 0 Å². The van der Waals surface area contributed by atoms with Crippen LogP contribution in [-0.2, 0) is 25.7 Å². The van der Waals surface area contributed by atoms with Gasteiger partial charge in [-0.3, -0.25) is 29.1 Å². The minimum absolute atomic E-state index is 0.00999. The van der Waals surface area contributed by atoms with Crippen molar-refractivity contribution in [3.05, 3.63) is 45.9 Å². The molecule has 2 aliphatic heterocycles. The molecule has 3 aromatic rings. The number of ether oxygens (including phenoxy) is 1. The van der Waals surface area contributed by atoms with Crippen LogP contribution in [0, 0.1) is 6.92 Å². The lowest BCUT2D eigenvalue weighted by Crippen LogP contribution is -2.42. The van der Waals surface area contributed by atoms with Crippen molar-refractivity contribution < 1.29 is 23.9 Å². The number of aryl methyl sites for hydroxylation is 1. The van der Waals surface area contributed by atoms with Crippen molar-refractivity contribution in [1.29, 1.82) is 0 Å². The highest BCUT2D eigenvalue weighted by Gasteiger charge is 2.30. The maximum Gasteiger partial charge on any atom is 0.230 e. The molecule has 2 aromatic heterocycles. The highest BCUT2D eigenvalue weighted by Crippen LogP contribution is 2.42. The molecule has 0 spiro atoms. The Bertz CT molecular complexity index is 1620. The molecule has 48 heavy (non-hydrogen) atoms. The molecule has 13 heteroatoms. The molecule has 4 heterocycles. The van der Waals surface area contributed by atoms with E-state index < -0.39 is 0 Å². The summed E-state index contributed by atoms with van der Waals surface area (Å²) in [6.07, 6.45) is 7.33. The van der Waals surface area contributed by atoms with Crippen molar-refractivity contribution in [1.82, 2.24) is 25.4 Å². The Kier molecular flexibility index (Phi) is 12.6. The van der Waals surface area contributed by atoms with Gasteiger partial charge in [0.05, 0.1) is 22.8 Å². The van der Waals surface area contributed by atoms with Gasteiger partial charge in [-0.15, -0.1) is 11.3 Å². The van der Waals surface area contributed by atoms with E-state index in [0.29, 0.717) is 30.3 Å². The maximum absolute atomic E-state index is 12.2. The molecule has 1 unspecified atom stereocenters. The number of fused-ring (bicyclic) bond motifs is 1. The Morgan fingerprint density at radius 3 is 2.46 bits per heavy atom. The van der Waals surface area contributed by atoms with E-state index in [4.69, 9.17) is 22.1 Å². The zero-order valence-electron chi connectivity index (χ0n) is 27.7. The zero-order chi connectivity index (χ0) is 34.2. The summed E-state index contributed by atoms with van der Waals surface area (Å²) in [6, 6.07) is 8.00. The first-order chi connectivity index (χ1) is 23.2. The van der Waals surface area contributed by atoms with E-state index in [0.717, 1.165) is 89.3 Å². The maximum atomic E-state index is 12.2. The predicted octanol–water partition coefficient (Wildman–Crippen LogP) is 4.21.